The summed E-state index contributed by atoms with van der Waals surface area (Å²) in [5.74, 6) is -0.615. The molecule has 2 aromatic rings. The lowest BCUT2D eigenvalue weighted by atomic mass is 10.1. The number of aromatic nitrogens is 1. The van der Waals surface area contributed by atoms with Crippen LogP contribution in [0, 0.1) is 19.7 Å². The molecule has 2 nitrogen and oxygen atoms in total. The number of alkyl halides is 1. The van der Waals surface area contributed by atoms with Crippen LogP contribution < -0.4 is 0 Å². The number of halogens is 3. The smallest absolute Gasteiger partial charge is 0.182 e. The van der Waals surface area contributed by atoms with Crippen molar-refractivity contribution in [1.29, 1.82) is 0 Å². The van der Waals surface area contributed by atoms with Crippen molar-refractivity contribution in [1.82, 2.24) is 4.57 Å². The number of benzene rings is 1. The third-order valence-electron chi connectivity index (χ3n) is 3.22. The van der Waals surface area contributed by atoms with Crippen LogP contribution in [0.15, 0.2) is 24.3 Å². The Balaban J connectivity index is 2.68. The van der Waals surface area contributed by atoms with Crippen molar-refractivity contribution in [3.05, 3.63) is 52.1 Å². The Labute approximate surface area is 127 Å². The zero-order valence-corrected chi connectivity index (χ0v) is 12.9. The largest absolute Gasteiger partial charge is 0.314 e. The highest BCUT2D eigenvalue weighted by atomic mass is 35.5. The molecule has 0 aliphatic carbocycles. The summed E-state index contributed by atoms with van der Waals surface area (Å²) in [6, 6.07) is 6.21. The van der Waals surface area contributed by atoms with E-state index >= 15 is 0 Å². The molecule has 5 heteroatoms. The lowest BCUT2D eigenvalue weighted by molar-refractivity contribution is 0.0991. The predicted molar refractivity (Wildman–Crippen MR) is 79.9 cm³/mol. The molecular formula is C15H14Cl2FNO. The van der Waals surface area contributed by atoms with E-state index < -0.39 is 11.2 Å². The highest BCUT2D eigenvalue weighted by Crippen LogP contribution is 2.29. The van der Waals surface area contributed by atoms with Gasteiger partial charge in [-0.15, -0.1) is 11.6 Å². The molecule has 1 unspecified atom stereocenters. The number of carbonyl (C=O) groups excluding carboxylic acids is 1. The van der Waals surface area contributed by atoms with Gasteiger partial charge in [0.05, 0.1) is 10.4 Å². The Kier molecular flexibility index (Phi) is 4.21. The third kappa shape index (κ3) is 2.48. The molecule has 1 heterocycles. The second-order valence-electron chi connectivity index (χ2n) is 4.67. The van der Waals surface area contributed by atoms with Crippen LogP contribution in [-0.4, -0.2) is 15.7 Å². The van der Waals surface area contributed by atoms with Gasteiger partial charge in [0, 0.05) is 17.0 Å². The van der Waals surface area contributed by atoms with Crippen molar-refractivity contribution in [3.8, 4) is 5.69 Å². The quantitative estimate of drug-likeness (QED) is 0.595. The van der Waals surface area contributed by atoms with Gasteiger partial charge in [-0.3, -0.25) is 4.79 Å². The summed E-state index contributed by atoms with van der Waals surface area (Å²) in [6.07, 6.45) is 0. The minimum absolute atomic E-state index is 0.182. The standard InChI is InChI=1S/C15H14Cl2FNO/c1-8-7-11(15(20)9(2)16)10(3)19(8)14-12(17)5-4-6-13(14)18/h4-7,9H,1-3H3. The summed E-state index contributed by atoms with van der Waals surface area (Å²) in [6.45, 7) is 5.17. The van der Waals surface area contributed by atoms with Gasteiger partial charge in [-0.1, -0.05) is 17.7 Å². The summed E-state index contributed by atoms with van der Waals surface area (Å²) < 4.78 is 15.7. The van der Waals surface area contributed by atoms with Crippen LogP contribution in [0.5, 0.6) is 0 Å². The average molecular weight is 314 g/mol. The SMILES string of the molecule is Cc1cc(C(=O)C(C)Cl)c(C)n1-c1c(F)cccc1Cl. The van der Waals surface area contributed by atoms with Crippen LogP contribution in [0.1, 0.15) is 28.7 Å². The van der Waals surface area contributed by atoms with Crippen molar-refractivity contribution >= 4 is 29.0 Å². The molecule has 0 bridgehead atoms. The topological polar surface area (TPSA) is 22.0 Å². The summed E-state index contributed by atoms with van der Waals surface area (Å²) in [5.41, 5.74) is 2.11. The summed E-state index contributed by atoms with van der Waals surface area (Å²) >= 11 is 11.9. The van der Waals surface area contributed by atoms with Crippen molar-refractivity contribution in [3.63, 3.8) is 0 Å². The van der Waals surface area contributed by atoms with Gasteiger partial charge in [0.2, 0.25) is 0 Å². The first-order valence-corrected chi connectivity index (χ1v) is 6.97. The Hall–Kier alpha value is -1.32. The van der Waals surface area contributed by atoms with Crippen LogP contribution >= 0.6 is 23.2 Å². The molecule has 1 aromatic heterocycles. The van der Waals surface area contributed by atoms with Crippen molar-refractivity contribution in [2.45, 2.75) is 26.1 Å². The van der Waals surface area contributed by atoms with Crippen molar-refractivity contribution in [2.75, 3.05) is 0 Å². The van der Waals surface area contributed by atoms with E-state index in [1.54, 1.807) is 43.5 Å². The maximum Gasteiger partial charge on any atom is 0.182 e. The molecule has 0 amide bonds. The fourth-order valence-electron chi connectivity index (χ4n) is 2.27. The number of para-hydroxylation sites is 1. The van der Waals surface area contributed by atoms with Crippen LogP contribution in [-0.2, 0) is 0 Å². The normalized spacial score (nSPS) is 12.5. The molecule has 0 aliphatic rings. The lowest BCUT2D eigenvalue weighted by Crippen LogP contribution is -2.12. The van der Waals surface area contributed by atoms with E-state index in [0.717, 1.165) is 5.69 Å². The van der Waals surface area contributed by atoms with Gasteiger partial charge in [-0.25, -0.2) is 4.39 Å². The zero-order chi connectivity index (χ0) is 15.0. The molecule has 0 saturated heterocycles. The van der Waals surface area contributed by atoms with E-state index in [1.807, 2.05) is 0 Å². The summed E-state index contributed by atoms with van der Waals surface area (Å²) in [4.78, 5) is 12.1. The summed E-state index contributed by atoms with van der Waals surface area (Å²) in [7, 11) is 0. The van der Waals surface area contributed by atoms with Crippen LogP contribution in [0.4, 0.5) is 4.39 Å². The van der Waals surface area contributed by atoms with Gasteiger partial charge in [0.25, 0.3) is 0 Å². The maximum atomic E-state index is 14.0. The Morgan fingerprint density at radius 2 is 2.00 bits per heavy atom. The number of aryl methyl sites for hydroxylation is 1. The lowest BCUT2D eigenvalue weighted by Gasteiger charge is -2.13. The first-order chi connectivity index (χ1) is 9.34. The molecule has 0 spiro atoms. The molecule has 2 rings (SSSR count). The second kappa shape index (κ2) is 5.58. The zero-order valence-electron chi connectivity index (χ0n) is 11.4. The molecule has 20 heavy (non-hydrogen) atoms. The van der Waals surface area contributed by atoms with E-state index in [-0.39, 0.29) is 11.5 Å². The van der Waals surface area contributed by atoms with Gasteiger partial charge in [0.15, 0.2) is 5.78 Å². The first kappa shape index (κ1) is 15.1. The fourth-order valence-corrected chi connectivity index (χ4v) is 2.64. The molecule has 0 radical (unpaired) electrons. The second-order valence-corrected chi connectivity index (χ2v) is 5.73. The van der Waals surface area contributed by atoms with Gasteiger partial charge < -0.3 is 4.57 Å². The molecular weight excluding hydrogens is 300 g/mol. The number of ketones is 1. The minimum atomic E-state index is -0.625. The number of hydrogen-bond donors (Lipinski definition) is 0. The molecule has 0 fully saturated rings. The molecule has 0 saturated carbocycles. The summed E-state index contributed by atoms with van der Waals surface area (Å²) in [5, 5.41) is -0.329. The predicted octanol–water partition coefficient (Wildman–Crippen LogP) is 4.70. The van der Waals surface area contributed by atoms with Gasteiger partial charge in [-0.05, 0) is 39.0 Å². The fraction of sp³-hybridized carbons (Fsp3) is 0.267. The molecule has 106 valence electrons. The number of Topliss-reactive ketones (excluding diaryl/α,β-unsaturated/α-hetero) is 1. The Bertz CT molecular complexity index is 657. The highest BCUT2D eigenvalue weighted by molar-refractivity contribution is 6.34. The molecule has 1 aromatic carbocycles. The number of nitrogens with zero attached hydrogens (tertiary/aromatic N) is 1. The Morgan fingerprint density at radius 3 is 2.55 bits per heavy atom. The third-order valence-corrected chi connectivity index (χ3v) is 3.72. The maximum absolute atomic E-state index is 14.0. The van der Waals surface area contributed by atoms with Crippen molar-refractivity contribution in [2.24, 2.45) is 0 Å². The number of carbonyl (C=O) groups is 1. The van der Waals surface area contributed by atoms with Crippen LogP contribution in [0.3, 0.4) is 0 Å². The van der Waals surface area contributed by atoms with Crippen LogP contribution in [0.25, 0.3) is 5.69 Å². The monoisotopic (exact) mass is 313 g/mol. The number of rotatable bonds is 3. The molecule has 1 atom stereocenters. The van der Waals surface area contributed by atoms with E-state index in [2.05, 4.69) is 0 Å². The van der Waals surface area contributed by atoms with Gasteiger partial charge in [-0.2, -0.15) is 0 Å². The minimum Gasteiger partial charge on any atom is -0.314 e. The highest BCUT2D eigenvalue weighted by Gasteiger charge is 2.22. The van der Waals surface area contributed by atoms with E-state index in [0.29, 0.717) is 16.3 Å². The average Bonchev–Trinajstić information content (AvgIpc) is 2.65. The van der Waals surface area contributed by atoms with E-state index in [1.165, 1.54) is 6.07 Å². The van der Waals surface area contributed by atoms with Gasteiger partial charge in [0.1, 0.15) is 11.5 Å². The van der Waals surface area contributed by atoms with Gasteiger partial charge >= 0.3 is 0 Å². The first-order valence-electron chi connectivity index (χ1n) is 6.16. The molecule has 0 N–H and O–H groups in total. The van der Waals surface area contributed by atoms with Crippen molar-refractivity contribution < 1.29 is 9.18 Å². The van der Waals surface area contributed by atoms with E-state index in [4.69, 9.17) is 23.2 Å². The number of hydrogen-bond acceptors (Lipinski definition) is 1. The van der Waals surface area contributed by atoms with Crippen LogP contribution in [0.2, 0.25) is 5.02 Å². The van der Waals surface area contributed by atoms with E-state index in [9.17, 15) is 9.18 Å². The molecule has 0 aliphatic heterocycles. The Morgan fingerprint density at radius 1 is 1.35 bits per heavy atom.